The molecule has 2 aromatic heterocycles. The molecule has 0 aliphatic carbocycles. The van der Waals surface area contributed by atoms with Crippen LogP contribution < -0.4 is 10.6 Å². The fourth-order valence-corrected chi connectivity index (χ4v) is 4.07. The Morgan fingerprint density at radius 2 is 1.97 bits per heavy atom. The first-order valence-corrected chi connectivity index (χ1v) is 11.8. The topological polar surface area (TPSA) is 101 Å². The molecule has 1 aliphatic heterocycles. The highest BCUT2D eigenvalue weighted by molar-refractivity contribution is 5.79. The molecule has 2 N–H and O–H groups in total. The summed E-state index contributed by atoms with van der Waals surface area (Å²) in [7, 11) is 0. The van der Waals surface area contributed by atoms with Gasteiger partial charge in [-0.1, -0.05) is 37.9 Å². The Morgan fingerprint density at radius 3 is 2.66 bits per heavy atom. The second-order valence-corrected chi connectivity index (χ2v) is 7.92. The van der Waals surface area contributed by atoms with E-state index < -0.39 is 0 Å². The summed E-state index contributed by atoms with van der Waals surface area (Å²) in [5, 5.41) is 10.8. The van der Waals surface area contributed by atoms with Crippen LogP contribution in [0, 0.1) is 5.92 Å². The Morgan fingerprint density at radius 1 is 1.16 bits per heavy atom. The third kappa shape index (κ3) is 7.00. The van der Waals surface area contributed by atoms with Gasteiger partial charge < -0.3 is 19.9 Å². The molecule has 1 fully saturated rings. The lowest BCUT2D eigenvalue weighted by molar-refractivity contribution is 0.00395. The normalized spacial score (nSPS) is 16.3. The summed E-state index contributed by atoms with van der Waals surface area (Å²) in [4.78, 5) is 16.2. The Bertz CT molecular complexity index is 802. The van der Waals surface area contributed by atoms with Gasteiger partial charge in [0.15, 0.2) is 11.8 Å². The molecule has 1 atom stereocenters. The molecule has 3 heterocycles. The minimum Gasteiger partial charge on any atom is -0.379 e. The van der Waals surface area contributed by atoms with E-state index in [1.807, 2.05) is 18.2 Å². The monoisotopic (exact) mass is 443 g/mol. The van der Waals surface area contributed by atoms with Gasteiger partial charge in [-0.3, -0.25) is 14.9 Å². The maximum Gasteiger partial charge on any atom is 0.276 e. The quantitative estimate of drug-likeness (QED) is 0.403. The molecule has 1 unspecified atom stereocenters. The van der Waals surface area contributed by atoms with Gasteiger partial charge >= 0.3 is 0 Å². The summed E-state index contributed by atoms with van der Waals surface area (Å²) >= 11 is 0. The van der Waals surface area contributed by atoms with Crippen molar-refractivity contribution in [1.82, 2.24) is 30.7 Å². The lowest BCUT2D eigenvalue weighted by Crippen LogP contribution is -2.49. The maximum absolute atomic E-state index is 5.56. The molecule has 0 aromatic carbocycles. The zero-order valence-corrected chi connectivity index (χ0v) is 19.6. The highest BCUT2D eigenvalue weighted by Crippen LogP contribution is 2.20. The van der Waals surface area contributed by atoms with Crippen LogP contribution in [0.15, 0.2) is 33.9 Å². The molecule has 176 valence electrons. The molecule has 3 rings (SSSR count). The van der Waals surface area contributed by atoms with Crippen molar-refractivity contribution in [3.05, 3.63) is 30.2 Å². The van der Waals surface area contributed by atoms with Crippen molar-refractivity contribution in [2.45, 2.75) is 46.1 Å². The number of rotatable bonds is 11. The van der Waals surface area contributed by atoms with Crippen molar-refractivity contribution >= 4 is 5.96 Å². The zero-order chi connectivity index (χ0) is 22.6. The summed E-state index contributed by atoms with van der Waals surface area (Å²) in [5.41, 5.74) is 0.685. The van der Waals surface area contributed by atoms with Gasteiger partial charge in [0.2, 0.25) is 0 Å². The Kier molecular flexibility index (Phi) is 9.90. The van der Waals surface area contributed by atoms with E-state index in [1.54, 1.807) is 6.20 Å². The molecule has 0 radical (unpaired) electrons. The van der Waals surface area contributed by atoms with E-state index in [9.17, 15) is 0 Å². The number of pyridine rings is 1. The van der Waals surface area contributed by atoms with Crippen molar-refractivity contribution in [1.29, 1.82) is 0 Å². The first kappa shape index (κ1) is 24.1. The van der Waals surface area contributed by atoms with Crippen LogP contribution in [-0.4, -0.2) is 78.0 Å². The van der Waals surface area contributed by atoms with Gasteiger partial charge in [0.1, 0.15) is 5.69 Å². The van der Waals surface area contributed by atoms with E-state index in [1.165, 1.54) is 0 Å². The molecule has 1 saturated heterocycles. The summed E-state index contributed by atoms with van der Waals surface area (Å²) in [5.74, 6) is 2.55. The predicted molar refractivity (Wildman–Crippen MR) is 125 cm³/mol. The van der Waals surface area contributed by atoms with Crippen LogP contribution in [0.1, 0.15) is 39.4 Å². The minimum absolute atomic E-state index is 0.433. The summed E-state index contributed by atoms with van der Waals surface area (Å²) in [6, 6.07) is 6.05. The number of ether oxygens (including phenoxy) is 1. The lowest BCUT2D eigenvalue weighted by atomic mass is 9.92. The fraction of sp³-hybridized carbons (Fsp3) is 0.652. The number of morpholine rings is 1. The van der Waals surface area contributed by atoms with Crippen LogP contribution in [0.4, 0.5) is 0 Å². The Balaban J connectivity index is 1.57. The van der Waals surface area contributed by atoms with Crippen molar-refractivity contribution in [2.75, 3.05) is 45.9 Å². The van der Waals surface area contributed by atoms with E-state index in [0.29, 0.717) is 42.3 Å². The average molecular weight is 444 g/mol. The highest BCUT2D eigenvalue weighted by Gasteiger charge is 2.26. The second kappa shape index (κ2) is 13.1. The van der Waals surface area contributed by atoms with E-state index in [2.05, 4.69) is 51.4 Å². The molecule has 9 nitrogen and oxygen atoms in total. The number of aliphatic imine (C=N–C) groups is 1. The van der Waals surface area contributed by atoms with E-state index in [0.717, 1.165) is 58.2 Å². The van der Waals surface area contributed by atoms with Crippen LogP contribution in [0.5, 0.6) is 0 Å². The van der Waals surface area contributed by atoms with Crippen molar-refractivity contribution in [3.63, 3.8) is 0 Å². The molecule has 0 bridgehead atoms. The molecular weight excluding hydrogens is 406 g/mol. The van der Waals surface area contributed by atoms with Gasteiger partial charge in [0.25, 0.3) is 5.89 Å². The van der Waals surface area contributed by atoms with Gasteiger partial charge in [0.05, 0.1) is 19.8 Å². The van der Waals surface area contributed by atoms with Crippen molar-refractivity contribution in [3.8, 4) is 11.6 Å². The van der Waals surface area contributed by atoms with Gasteiger partial charge in [0, 0.05) is 44.8 Å². The number of aromatic nitrogens is 3. The van der Waals surface area contributed by atoms with Gasteiger partial charge in [-0.25, -0.2) is 0 Å². The minimum atomic E-state index is 0.433. The summed E-state index contributed by atoms with van der Waals surface area (Å²) < 4.78 is 10.9. The molecule has 2 aromatic rings. The van der Waals surface area contributed by atoms with Crippen LogP contribution in [0.25, 0.3) is 11.6 Å². The molecule has 1 aliphatic rings. The van der Waals surface area contributed by atoms with E-state index >= 15 is 0 Å². The van der Waals surface area contributed by atoms with Gasteiger partial charge in [-0.05, 0) is 25.0 Å². The van der Waals surface area contributed by atoms with Crippen molar-refractivity contribution < 1.29 is 9.26 Å². The first-order valence-electron chi connectivity index (χ1n) is 11.8. The summed E-state index contributed by atoms with van der Waals surface area (Å²) in [6.07, 6.45) is 4.68. The third-order valence-corrected chi connectivity index (χ3v) is 5.88. The molecule has 9 heteroatoms. The number of hydrogen-bond acceptors (Lipinski definition) is 7. The second-order valence-electron chi connectivity index (χ2n) is 7.92. The maximum atomic E-state index is 5.56. The predicted octanol–water partition coefficient (Wildman–Crippen LogP) is 2.37. The smallest absolute Gasteiger partial charge is 0.276 e. The van der Waals surface area contributed by atoms with Crippen LogP contribution in [-0.2, 0) is 11.2 Å². The fourth-order valence-electron chi connectivity index (χ4n) is 4.07. The zero-order valence-electron chi connectivity index (χ0n) is 19.6. The Hall–Kier alpha value is -2.52. The first-order chi connectivity index (χ1) is 15.7. The average Bonchev–Trinajstić information content (AvgIpc) is 3.32. The highest BCUT2D eigenvalue weighted by atomic mass is 16.5. The molecular formula is C23H37N7O2. The molecule has 0 spiro atoms. The number of nitrogens with zero attached hydrogens (tertiary/aromatic N) is 5. The summed E-state index contributed by atoms with van der Waals surface area (Å²) in [6.45, 7) is 12.5. The standard InChI is InChI=1S/C23H37N7O2/c1-4-18(5-2)20(30-13-15-31-16-14-30)17-27-23(24-6-3)26-12-10-21-28-22(32-29-21)19-9-7-8-11-25-19/h7-9,11,18,20H,4-6,10,12-17H2,1-3H3,(H2,24,26,27). The number of guanidine groups is 1. The van der Waals surface area contributed by atoms with Crippen LogP contribution >= 0.6 is 0 Å². The van der Waals surface area contributed by atoms with Gasteiger partial charge in [-0.15, -0.1) is 0 Å². The molecule has 0 saturated carbocycles. The SMILES string of the molecule is CCNC(=NCC(C(CC)CC)N1CCOCC1)NCCc1noc(-c2ccccn2)n1. The van der Waals surface area contributed by atoms with E-state index in [-0.39, 0.29) is 0 Å². The van der Waals surface area contributed by atoms with E-state index in [4.69, 9.17) is 14.3 Å². The number of hydrogen-bond donors (Lipinski definition) is 2. The Labute approximate surface area is 191 Å². The largest absolute Gasteiger partial charge is 0.379 e. The molecule has 0 amide bonds. The molecule has 32 heavy (non-hydrogen) atoms. The van der Waals surface area contributed by atoms with Crippen LogP contribution in [0.2, 0.25) is 0 Å². The van der Waals surface area contributed by atoms with Gasteiger partial charge in [-0.2, -0.15) is 4.98 Å². The lowest BCUT2D eigenvalue weighted by Gasteiger charge is -2.38. The number of nitrogens with one attached hydrogen (secondary N) is 2. The third-order valence-electron chi connectivity index (χ3n) is 5.88. The van der Waals surface area contributed by atoms with Crippen molar-refractivity contribution in [2.24, 2.45) is 10.9 Å². The van der Waals surface area contributed by atoms with Crippen LogP contribution in [0.3, 0.4) is 0 Å².